The van der Waals surface area contributed by atoms with Gasteiger partial charge in [0, 0.05) is 0 Å². The van der Waals surface area contributed by atoms with E-state index in [0.717, 1.165) is 24.1 Å². The maximum atomic E-state index is 12.4. The molecule has 2 rings (SSSR count). The van der Waals surface area contributed by atoms with Crippen LogP contribution in [0.2, 0.25) is 0 Å². The summed E-state index contributed by atoms with van der Waals surface area (Å²) >= 11 is 2.05. The van der Waals surface area contributed by atoms with E-state index in [2.05, 4.69) is 23.8 Å². The number of rotatable bonds is 2. The predicted molar refractivity (Wildman–Crippen MR) is 61.7 cm³/mol. The summed E-state index contributed by atoms with van der Waals surface area (Å²) in [6, 6.07) is 5.39. The first-order valence-electron chi connectivity index (χ1n) is 5.48. The van der Waals surface area contributed by atoms with E-state index < -0.39 is 11.7 Å². The number of allylic oxidation sites excluding steroid dienone is 4. The summed E-state index contributed by atoms with van der Waals surface area (Å²) in [6.07, 6.45) is 1.54. The Morgan fingerprint density at radius 3 is 2.24 bits per heavy atom. The molecule has 0 atom stereocenters. The van der Waals surface area contributed by atoms with Crippen LogP contribution < -0.4 is 0 Å². The molecular weight excluding hydrogens is 220 g/mol. The first kappa shape index (κ1) is 12.5. The summed E-state index contributed by atoms with van der Waals surface area (Å²) in [7, 11) is 0. The third-order valence-electron chi connectivity index (χ3n) is 2.97. The molecule has 0 aliphatic heterocycles. The summed E-state index contributed by atoms with van der Waals surface area (Å²) in [5, 5.41) is 0. The number of hydrogen-bond acceptors (Lipinski definition) is 0. The van der Waals surface area contributed by atoms with Gasteiger partial charge >= 0.3 is 107 Å². The van der Waals surface area contributed by atoms with Crippen molar-refractivity contribution in [1.82, 2.24) is 0 Å². The Hall–Kier alpha value is -0.913. The fourth-order valence-electron chi connectivity index (χ4n) is 1.89. The van der Waals surface area contributed by atoms with Gasteiger partial charge in [0.1, 0.15) is 0 Å². The zero-order chi connectivity index (χ0) is 12.5. The van der Waals surface area contributed by atoms with E-state index in [0.29, 0.717) is 6.42 Å². The fraction of sp³-hybridized carbons (Fsp3) is 0.231. The number of halogens is 3. The molecule has 0 N–H and O–H groups in total. The van der Waals surface area contributed by atoms with Crippen LogP contribution in [0.25, 0.3) is 0 Å². The van der Waals surface area contributed by atoms with Gasteiger partial charge in [-0.15, -0.1) is 0 Å². The summed E-state index contributed by atoms with van der Waals surface area (Å²) in [5.41, 5.74) is 1.54. The number of benzene rings is 1. The fourth-order valence-corrected chi connectivity index (χ4v) is 1.89. The van der Waals surface area contributed by atoms with Gasteiger partial charge in [-0.05, 0) is 0 Å². The number of hydrogen-bond donors (Lipinski definition) is 0. The quantitative estimate of drug-likeness (QED) is 0.680. The summed E-state index contributed by atoms with van der Waals surface area (Å²) in [5.74, 6) is 0. The van der Waals surface area contributed by atoms with Crippen LogP contribution in [0.5, 0.6) is 0 Å². The van der Waals surface area contributed by atoms with Crippen LogP contribution in [0.15, 0.2) is 46.2 Å². The Balaban J connectivity index is 2.14. The van der Waals surface area contributed by atoms with Crippen LogP contribution in [-0.4, -0.2) is 17.7 Å². The molecule has 1 aliphatic rings. The van der Waals surface area contributed by atoms with Crippen molar-refractivity contribution in [3.8, 4) is 0 Å². The molecule has 0 saturated heterocycles. The van der Waals surface area contributed by atoms with Gasteiger partial charge in [-0.3, -0.25) is 0 Å². The zero-order valence-electron chi connectivity index (χ0n) is 9.51. The van der Waals surface area contributed by atoms with E-state index in [4.69, 9.17) is 0 Å². The molecule has 4 heteroatoms. The van der Waals surface area contributed by atoms with E-state index in [1.165, 1.54) is 9.82 Å². The van der Waals surface area contributed by atoms with Crippen LogP contribution in [0.3, 0.4) is 0 Å². The Morgan fingerprint density at radius 2 is 1.76 bits per heavy atom. The summed E-state index contributed by atoms with van der Waals surface area (Å²) in [6.45, 7) is 0. The number of alkyl halides is 3. The molecule has 0 spiro atoms. The van der Waals surface area contributed by atoms with Crippen molar-refractivity contribution in [2.24, 2.45) is 0 Å². The minimum absolute atomic E-state index is 0.589. The second-order valence-corrected chi connectivity index (χ2v) is 4.28. The SMILES string of the molecule is [Li][C]1=C(Cc2ccc(C(F)(F)F)cc2)C=CC1. The first-order chi connectivity index (χ1) is 7.97. The molecule has 84 valence electrons. The molecule has 0 amide bonds. The first-order valence-corrected chi connectivity index (χ1v) is 5.48. The second-order valence-electron chi connectivity index (χ2n) is 4.28. The molecule has 17 heavy (non-hydrogen) atoms. The summed E-state index contributed by atoms with van der Waals surface area (Å²) < 4.78 is 38.4. The molecule has 0 nitrogen and oxygen atoms in total. The normalized spacial score (nSPS) is 15.8. The Kier molecular flexibility index (Phi) is 3.51. The van der Waals surface area contributed by atoms with Gasteiger partial charge in [-0.25, -0.2) is 0 Å². The monoisotopic (exact) mass is 230 g/mol. The van der Waals surface area contributed by atoms with Crippen molar-refractivity contribution < 1.29 is 13.2 Å². The van der Waals surface area contributed by atoms with E-state index in [1.54, 1.807) is 12.1 Å². The third-order valence-corrected chi connectivity index (χ3v) is 2.97. The van der Waals surface area contributed by atoms with Crippen LogP contribution >= 0.6 is 0 Å². The van der Waals surface area contributed by atoms with Crippen molar-refractivity contribution in [1.29, 1.82) is 0 Å². The van der Waals surface area contributed by atoms with Gasteiger partial charge in [-0.2, -0.15) is 0 Å². The minimum atomic E-state index is -4.25. The van der Waals surface area contributed by atoms with Crippen LogP contribution in [0.4, 0.5) is 13.2 Å². The van der Waals surface area contributed by atoms with Crippen molar-refractivity contribution in [3.63, 3.8) is 0 Å². The topological polar surface area (TPSA) is 0 Å². The average molecular weight is 230 g/mol. The van der Waals surface area contributed by atoms with Crippen molar-refractivity contribution >= 4 is 17.7 Å². The van der Waals surface area contributed by atoms with Gasteiger partial charge in [0.15, 0.2) is 0 Å². The molecule has 1 aromatic carbocycles. The molecule has 0 unspecified atom stereocenters. The summed E-state index contributed by atoms with van der Waals surface area (Å²) in [4.78, 5) is 0. The van der Waals surface area contributed by atoms with Crippen molar-refractivity contribution in [3.05, 3.63) is 57.4 Å². The van der Waals surface area contributed by atoms with Crippen LogP contribution in [0.1, 0.15) is 17.5 Å². The van der Waals surface area contributed by atoms with E-state index in [9.17, 15) is 13.2 Å². The molecular formula is C13H10F3Li. The van der Waals surface area contributed by atoms with Crippen LogP contribution in [-0.2, 0) is 12.6 Å². The van der Waals surface area contributed by atoms with Gasteiger partial charge < -0.3 is 0 Å². The van der Waals surface area contributed by atoms with Gasteiger partial charge in [-0.1, -0.05) is 0 Å². The molecule has 1 aliphatic carbocycles. The van der Waals surface area contributed by atoms with E-state index in [-0.39, 0.29) is 0 Å². The molecule has 0 radical (unpaired) electrons. The molecule has 0 aromatic heterocycles. The van der Waals surface area contributed by atoms with Gasteiger partial charge in [0.25, 0.3) is 0 Å². The molecule has 0 fully saturated rings. The average Bonchev–Trinajstić information content (AvgIpc) is 2.64. The Morgan fingerprint density at radius 1 is 1.12 bits per heavy atom. The van der Waals surface area contributed by atoms with Gasteiger partial charge in [0.05, 0.1) is 0 Å². The van der Waals surface area contributed by atoms with Crippen molar-refractivity contribution in [2.45, 2.75) is 19.0 Å². The van der Waals surface area contributed by atoms with Gasteiger partial charge in [0.2, 0.25) is 0 Å². The standard InChI is InChI=1S/C13H10F3.Li/c14-13(15,16)12-7-5-11(6-8-12)9-10-3-1-2-4-10;/h1,3,5-8H,2,9H2;. The predicted octanol–water partition coefficient (Wildman–Crippen LogP) is 3.63. The van der Waals surface area contributed by atoms with E-state index >= 15 is 0 Å². The third kappa shape index (κ3) is 3.05. The Labute approximate surface area is 107 Å². The molecule has 0 heterocycles. The van der Waals surface area contributed by atoms with Crippen LogP contribution in [0, 0.1) is 0 Å². The second kappa shape index (κ2) is 4.76. The molecule has 0 saturated carbocycles. The maximum absolute atomic E-state index is 12.4. The Bertz CT molecular complexity index is 466. The molecule has 1 aromatic rings. The zero-order valence-corrected chi connectivity index (χ0v) is 9.51. The van der Waals surface area contributed by atoms with E-state index in [1.807, 2.05) is 6.08 Å². The molecule has 0 bridgehead atoms. The van der Waals surface area contributed by atoms with Crippen molar-refractivity contribution in [2.75, 3.05) is 0 Å².